The van der Waals surface area contributed by atoms with Crippen LogP contribution < -0.4 is 5.32 Å². The van der Waals surface area contributed by atoms with Gasteiger partial charge < -0.3 is 10.1 Å². The van der Waals surface area contributed by atoms with Gasteiger partial charge in [-0.2, -0.15) is 0 Å². The minimum atomic E-state index is -0.420. The third kappa shape index (κ3) is 5.28. The van der Waals surface area contributed by atoms with Gasteiger partial charge in [0, 0.05) is 16.3 Å². The second kappa shape index (κ2) is 9.64. The lowest BCUT2D eigenvalue weighted by molar-refractivity contribution is -0.117. The number of carbonyl (C=O) groups is 2. The molecule has 0 saturated heterocycles. The average Bonchev–Trinajstić information content (AvgIpc) is 3.32. The molecule has 0 unspecified atom stereocenters. The number of likely N-dealkylation sites (N-methyl/N-ethyl adjacent to an activating group) is 1. The van der Waals surface area contributed by atoms with E-state index in [0.717, 1.165) is 10.4 Å². The molecule has 0 atom stereocenters. The summed E-state index contributed by atoms with van der Waals surface area (Å²) in [4.78, 5) is 29.3. The molecule has 28 heavy (non-hydrogen) atoms. The summed E-state index contributed by atoms with van der Waals surface area (Å²) in [7, 11) is 1.90. The Kier molecular flexibility index (Phi) is 6.97. The van der Waals surface area contributed by atoms with Gasteiger partial charge in [-0.1, -0.05) is 36.4 Å². The molecule has 0 radical (unpaired) electrons. The SMILES string of the molecule is CCOC(=O)c1sc(-c2ccccc2)cc1NC(=O)CN(C)Cc1cccs1. The van der Waals surface area contributed by atoms with E-state index in [2.05, 4.69) is 5.32 Å². The van der Waals surface area contributed by atoms with E-state index in [1.807, 2.05) is 65.9 Å². The summed E-state index contributed by atoms with van der Waals surface area (Å²) in [5.41, 5.74) is 1.49. The molecule has 0 aliphatic carbocycles. The smallest absolute Gasteiger partial charge is 0.350 e. The highest BCUT2D eigenvalue weighted by Gasteiger charge is 2.20. The van der Waals surface area contributed by atoms with Crippen LogP contribution >= 0.6 is 22.7 Å². The van der Waals surface area contributed by atoms with E-state index in [9.17, 15) is 9.59 Å². The molecule has 0 fully saturated rings. The number of carbonyl (C=O) groups excluding carboxylic acids is 2. The summed E-state index contributed by atoms with van der Waals surface area (Å²) in [6.45, 7) is 2.99. The molecule has 0 saturated carbocycles. The van der Waals surface area contributed by atoms with Gasteiger partial charge >= 0.3 is 5.97 Å². The maximum Gasteiger partial charge on any atom is 0.350 e. The average molecular weight is 415 g/mol. The number of nitrogens with zero attached hydrogens (tertiary/aromatic N) is 1. The van der Waals surface area contributed by atoms with Crippen LogP contribution in [-0.2, 0) is 16.1 Å². The van der Waals surface area contributed by atoms with E-state index >= 15 is 0 Å². The molecule has 146 valence electrons. The van der Waals surface area contributed by atoms with Crippen LogP contribution in [0.25, 0.3) is 10.4 Å². The fourth-order valence-electron chi connectivity index (χ4n) is 2.74. The third-order valence-corrected chi connectivity index (χ3v) is 5.97. The van der Waals surface area contributed by atoms with Crippen molar-refractivity contribution in [3.8, 4) is 10.4 Å². The number of nitrogens with one attached hydrogen (secondary N) is 1. The highest BCUT2D eigenvalue weighted by atomic mass is 32.1. The van der Waals surface area contributed by atoms with Crippen molar-refractivity contribution in [3.05, 3.63) is 63.7 Å². The van der Waals surface area contributed by atoms with Crippen molar-refractivity contribution in [3.63, 3.8) is 0 Å². The Labute approximate surface area is 172 Å². The van der Waals surface area contributed by atoms with Crippen LogP contribution in [0.15, 0.2) is 53.9 Å². The molecule has 0 aliphatic rings. The zero-order chi connectivity index (χ0) is 19.9. The normalized spacial score (nSPS) is 10.8. The van der Waals surface area contributed by atoms with E-state index in [-0.39, 0.29) is 19.1 Å². The van der Waals surface area contributed by atoms with E-state index in [0.29, 0.717) is 17.1 Å². The quantitative estimate of drug-likeness (QED) is 0.542. The minimum absolute atomic E-state index is 0.165. The Bertz CT molecular complexity index is 921. The molecule has 3 rings (SSSR count). The van der Waals surface area contributed by atoms with E-state index in [1.165, 1.54) is 16.2 Å². The van der Waals surface area contributed by atoms with Crippen molar-refractivity contribution in [2.45, 2.75) is 13.5 Å². The second-order valence-electron chi connectivity index (χ2n) is 6.24. The zero-order valence-corrected chi connectivity index (χ0v) is 17.4. The van der Waals surface area contributed by atoms with Gasteiger partial charge in [-0.3, -0.25) is 9.69 Å². The molecule has 1 amide bonds. The van der Waals surface area contributed by atoms with E-state index in [4.69, 9.17) is 4.74 Å². The van der Waals surface area contributed by atoms with Crippen LogP contribution in [0, 0.1) is 0 Å². The molecule has 1 aromatic carbocycles. The third-order valence-electron chi connectivity index (χ3n) is 3.94. The number of amides is 1. The van der Waals surface area contributed by atoms with Crippen molar-refractivity contribution in [2.75, 3.05) is 25.5 Å². The molecule has 7 heteroatoms. The second-order valence-corrected chi connectivity index (χ2v) is 8.32. The fraction of sp³-hybridized carbons (Fsp3) is 0.238. The first kappa shape index (κ1) is 20.3. The molecule has 2 aromatic heterocycles. The van der Waals surface area contributed by atoms with Crippen molar-refractivity contribution < 1.29 is 14.3 Å². The van der Waals surface area contributed by atoms with Gasteiger partial charge in [0.1, 0.15) is 4.88 Å². The molecule has 1 N–H and O–H groups in total. The summed E-state index contributed by atoms with van der Waals surface area (Å²) in [5, 5.41) is 4.90. The zero-order valence-electron chi connectivity index (χ0n) is 15.8. The molecule has 0 bridgehead atoms. The number of benzene rings is 1. The van der Waals surface area contributed by atoms with Crippen LogP contribution in [0.2, 0.25) is 0 Å². The van der Waals surface area contributed by atoms with Gasteiger partial charge in [-0.15, -0.1) is 22.7 Å². The Morgan fingerprint density at radius 2 is 1.93 bits per heavy atom. The Hall–Kier alpha value is -2.48. The number of anilines is 1. The molecule has 2 heterocycles. The summed E-state index contributed by atoms with van der Waals surface area (Å²) >= 11 is 2.99. The highest BCUT2D eigenvalue weighted by Crippen LogP contribution is 2.35. The van der Waals surface area contributed by atoms with Crippen LogP contribution in [0.1, 0.15) is 21.5 Å². The van der Waals surface area contributed by atoms with Gasteiger partial charge in [-0.05, 0) is 37.0 Å². The first-order valence-electron chi connectivity index (χ1n) is 8.94. The van der Waals surface area contributed by atoms with Crippen molar-refractivity contribution in [1.29, 1.82) is 0 Å². The monoisotopic (exact) mass is 414 g/mol. The number of esters is 1. The molecule has 3 aromatic rings. The minimum Gasteiger partial charge on any atom is -0.462 e. The first-order chi connectivity index (χ1) is 13.6. The van der Waals surface area contributed by atoms with Gasteiger partial charge in [0.2, 0.25) is 5.91 Å². The Balaban J connectivity index is 1.74. The number of rotatable bonds is 8. The fourth-order valence-corrected chi connectivity index (χ4v) is 4.53. The topological polar surface area (TPSA) is 58.6 Å². The van der Waals surface area contributed by atoms with Crippen LogP contribution in [0.4, 0.5) is 5.69 Å². The van der Waals surface area contributed by atoms with E-state index < -0.39 is 5.97 Å². The molecule has 0 aliphatic heterocycles. The van der Waals surface area contributed by atoms with Crippen molar-refractivity contribution in [2.24, 2.45) is 0 Å². The molecule has 0 spiro atoms. The van der Waals surface area contributed by atoms with Crippen LogP contribution in [0.5, 0.6) is 0 Å². The lowest BCUT2D eigenvalue weighted by Crippen LogP contribution is -2.29. The highest BCUT2D eigenvalue weighted by molar-refractivity contribution is 7.18. The van der Waals surface area contributed by atoms with Gasteiger partial charge in [-0.25, -0.2) is 4.79 Å². The van der Waals surface area contributed by atoms with Crippen LogP contribution in [-0.4, -0.2) is 37.0 Å². The number of hydrogen-bond donors (Lipinski definition) is 1. The molecular formula is C21H22N2O3S2. The lowest BCUT2D eigenvalue weighted by atomic mass is 10.2. The van der Waals surface area contributed by atoms with Gasteiger partial charge in [0.15, 0.2) is 0 Å². The largest absolute Gasteiger partial charge is 0.462 e. The van der Waals surface area contributed by atoms with Gasteiger partial charge in [0.25, 0.3) is 0 Å². The first-order valence-corrected chi connectivity index (χ1v) is 10.6. The Morgan fingerprint density at radius 1 is 1.14 bits per heavy atom. The Morgan fingerprint density at radius 3 is 2.61 bits per heavy atom. The molecule has 5 nitrogen and oxygen atoms in total. The number of hydrogen-bond acceptors (Lipinski definition) is 6. The van der Waals surface area contributed by atoms with Crippen molar-refractivity contribution >= 4 is 40.2 Å². The predicted octanol–water partition coefficient (Wildman–Crippen LogP) is 4.72. The molecular weight excluding hydrogens is 392 g/mol. The summed E-state index contributed by atoms with van der Waals surface area (Å²) in [6, 6.07) is 15.6. The maximum atomic E-state index is 12.5. The standard InChI is InChI=1S/C21H22N2O3S2/c1-3-26-21(25)20-17(12-18(28-20)15-8-5-4-6-9-15)22-19(24)14-23(2)13-16-10-7-11-27-16/h4-12H,3,13-14H2,1-2H3,(H,22,24). The number of ether oxygens (including phenoxy) is 1. The van der Waals surface area contributed by atoms with Crippen molar-refractivity contribution in [1.82, 2.24) is 4.90 Å². The summed E-state index contributed by atoms with van der Waals surface area (Å²) in [6.07, 6.45) is 0. The number of thiophene rings is 2. The summed E-state index contributed by atoms with van der Waals surface area (Å²) in [5.74, 6) is -0.584. The maximum absolute atomic E-state index is 12.5. The van der Waals surface area contributed by atoms with E-state index in [1.54, 1.807) is 18.3 Å². The van der Waals surface area contributed by atoms with Crippen LogP contribution in [0.3, 0.4) is 0 Å². The summed E-state index contributed by atoms with van der Waals surface area (Å²) < 4.78 is 5.16. The van der Waals surface area contributed by atoms with Gasteiger partial charge in [0.05, 0.1) is 18.8 Å². The predicted molar refractivity (Wildman–Crippen MR) is 115 cm³/mol. The lowest BCUT2D eigenvalue weighted by Gasteiger charge is -2.15.